The number of amides is 1. The molecule has 8 heteroatoms. The Morgan fingerprint density at radius 3 is 2.79 bits per heavy atom. The first kappa shape index (κ1) is 20.4. The Kier molecular flexibility index (Phi) is 6.89. The van der Waals surface area contributed by atoms with Gasteiger partial charge in [0, 0.05) is 12.6 Å². The summed E-state index contributed by atoms with van der Waals surface area (Å²) in [6.07, 6.45) is 4.76. The van der Waals surface area contributed by atoms with E-state index in [4.69, 9.17) is 16.2 Å². The molecule has 0 saturated heterocycles. The number of aromatic nitrogens is 3. The number of unbranched alkanes of at least 4 members (excludes halogenated alkanes) is 1. The molecule has 1 atom stereocenters. The molecule has 0 unspecified atom stereocenters. The summed E-state index contributed by atoms with van der Waals surface area (Å²) in [4.78, 5) is 20.5. The van der Waals surface area contributed by atoms with E-state index < -0.39 is 0 Å². The number of nitrogens with two attached hydrogens (primary N) is 2. The highest BCUT2D eigenvalue weighted by atomic mass is 16.5. The molecule has 0 saturated carbocycles. The van der Waals surface area contributed by atoms with Crippen LogP contribution in [0.25, 0.3) is 11.0 Å². The van der Waals surface area contributed by atoms with Crippen LogP contribution in [0.15, 0.2) is 42.7 Å². The highest BCUT2D eigenvalue weighted by Crippen LogP contribution is 2.21. The van der Waals surface area contributed by atoms with Crippen LogP contribution in [0.1, 0.15) is 44.2 Å². The smallest absolute Gasteiger partial charge is 0.407 e. The molecule has 3 rings (SSSR count). The molecule has 2 aromatic heterocycles. The fourth-order valence-electron chi connectivity index (χ4n) is 3.31. The zero-order valence-corrected chi connectivity index (χ0v) is 16.7. The molecule has 0 spiro atoms. The van der Waals surface area contributed by atoms with Gasteiger partial charge in [-0.3, -0.25) is 0 Å². The summed E-state index contributed by atoms with van der Waals surface area (Å²) in [6.45, 7) is 3.19. The maximum atomic E-state index is 12.2. The zero-order chi connectivity index (χ0) is 20.6. The largest absolute Gasteiger partial charge is 0.450 e. The van der Waals surface area contributed by atoms with E-state index in [-0.39, 0.29) is 12.1 Å². The van der Waals surface area contributed by atoms with E-state index in [1.807, 2.05) is 34.9 Å². The Bertz CT molecular complexity index is 941. The molecule has 0 fully saturated rings. The van der Waals surface area contributed by atoms with Gasteiger partial charge in [0.25, 0.3) is 0 Å². The van der Waals surface area contributed by atoms with Gasteiger partial charge in [-0.15, -0.1) is 0 Å². The number of nitrogens with zero attached hydrogens (tertiary/aromatic N) is 3. The lowest BCUT2D eigenvalue weighted by Crippen LogP contribution is -2.29. The van der Waals surface area contributed by atoms with Crippen LogP contribution in [0.5, 0.6) is 0 Å². The number of imidazole rings is 1. The predicted molar refractivity (Wildman–Crippen MR) is 114 cm³/mol. The molecule has 2 heterocycles. The Morgan fingerprint density at radius 2 is 2.03 bits per heavy atom. The lowest BCUT2D eigenvalue weighted by atomic mass is 10.0. The lowest BCUT2D eigenvalue weighted by molar-refractivity contribution is 0.139. The first-order valence-electron chi connectivity index (χ1n) is 9.93. The molecule has 0 aliphatic heterocycles. The number of benzene rings is 1. The molecule has 5 N–H and O–H groups in total. The molecule has 1 amide bonds. The number of hydrogen-bond donors (Lipinski definition) is 3. The maximum Gasteiger partial charge on any atom is 0.407 e. The SMILES string of the molecule is CCC[C@@H](NC(=O)OCCCCn1cnc2c(N)nc(N)cc21)c1ccccc1. The monoisotopic (exact) mass is 396 g/mol. The molecule has 29 heavy (non-hydrogen) atoms. The molecule has 0 aliphatic carbocycles. The highest BCUT2D eigenvalue weighted by Gasteiger charge is 2.14. The second kappa shape index (κ2) is 9.77. The van der Waals surface area contributed by atoms with Crippen molar-refractivity contribution in [2.24, 2.45) is 0 Å². The van der Waals surface area contributed by atoms with E-state index in [0.29, 0.717) is 23.8 Å². The summed E-state index contributed by atoms with van der Waals surface area (Å²) in [5, 5.41) is 2.96. The minimum absolute atomic E-state index is 0.0319. The Hall–Kier alpha value is -3.29. The number of carbonyl (C=O) groups excluding carboxylic acids is 1. The Labute approximate surface area is 170 Å². The van der Waals surface area contributed by atoms with Crippen molar-refractivity contribution in [2.45, 2.75) is 45.2 Å². The van der Waals surface area contributed by atoms with Crippen LogP contribution >= 0.6 is 0 Å². The highest BCUT2D eigenvalue weighted by molar-refractivity contribution is 5.86. The molecule has 0 radical (unpaired) electrons. The number of carbonyl (C=O) groups is 1. The molecular weight excluding hydrogens is 368 g/mol. The van der Waals surface area contributed by atoms with Gasteiger partial charge in [0.05, 0.1) is 24.5 Å². The molecule has 3 aromatic rings. The first-order chi connectivity index (χ1) is 14.1. The maximum absolute atomic E-state index is 12.2. The molecule has 8 nitrogen and oxygen atoms in total. The number of hydrogen-bond acceptors (Lipinski definition) is 6. The standard InChI is InChI=1S/C21H28N6O2/c1-2-8-16(15-9-4-3-5-10-15)25-21(28)29-12-7-6-11-27-14-24-19-17(27)13-18(22)26-20(19)23/h3-5,9-10,13-14,16H,2,6-8,11-12H2,1H3,(H,25,28)(H4,22,23,26)/t16-/m1/s1. The number of pyridine rings is 1. The van der Waals surface area contributed by atoms with E-state index in [0.717, 1.165) is 43.3 Å². The zero-order valence-electron chi connectivity index (χ0n) is 16.7. The van der Waals surface area contributed by atoms with Crippen molar-refractivity contribution in [1.29, 1.82) is 0 Å². The summed E-state index contributed by atoms with van der Waals surface area (Å²) >= 11 is 0. The van der Waals surface area contributed by atoms with Gasteiger partial charge in [0.1, 0.15) is 11.3 Å². The van der Waals surface area contributed by atoms with Gasteiger partial charge in [-0.1, -0.05) is 43.7 Å². The quantitative estimate of drug-likeness (QED) is 0.475. The van der Waals surface area contributed by atoms with Crippen LogP contribution in [0.2, 0.25) is 0 Å². The first-order valence-corrected chi connectivity index (χ1v) is 9.93. The molecule has 0 bridgehead atoms. The number of nitrogens with one attached hydrogen (secondary N) is 1. The third kappa shape index (κ3) is 5.37. The number of rotatable bonds is 9. The summed E-state index contributed by atoms with van der Waals surface area (Å²) < 4.78 is 7.34. The Balaban J connectivity index is 1.44. The average molecular weight is 396 g/mol. The summed E-state index contributed by atoms with van der Waals surface area (Å²) in [7, 11) is 0. The van der Waals surface area contributed by atoms with Gasteiger partial charge in [0.15, 0.2) is 5.82 Å². The fourth-order valence-corrected chi connectivity index (χ4v) is 3.31. The lowest BCUT2D eigenvalue weighted by Gasteiger charge is -2.18. The van der Waals surface area contributed by atoms with Gasteiger partial charge < -0.3 is 26.1 Å². The van der Waals surface area contributed by atoms with Gasteiger partial charge in [0.2, 0.25) is 0 Å². The van der Waals surface area contributed by atoms with Gasteiger partial charge in [-0.2, -0.15) is 0 Å². The molecule has 1 aromatic carbocycles. The van der Waals surface area contributed by atoms with Crippen molar-refractivity contribution in [2.75, 3.05) is 18.1 Å². The summed E-state index contributed by atoms with van der Waals surface area (Å²) in [5.41, 5.74) is 14.2. The van der Waals surface area contributed by atoms with E-state index in [1.54, 1.807) is 12.4 Å². The topological polar surface area (TPSA) is 121 Å². The van der Waals surface area contributed by atoms with Gasteiger partial charge in [-0.05, 0) is 24.8 Å². The minimum Gasteiger partial charge on any atom is -0.450 e. The minimum atomic E-state index is -0.382. The van der Waals surface area contributed by atoms with Crippen molar-refractivity contribution in [1.82, 2.24) is 19.9 Å². The van der Waals surface area contributed by atoms with Crippen molar-refractivity contribution in [3.8, 4) is 0 Å². The van der Waals surface area contributed by atoms with Gasteiger partial charge in [-0.25, -0.2) is 14.8 Å². The van der Waals surface area contributed by atoms with Crippen molar-refractivity contribution >= 4 is 28.8 Å². The predicted octanol–water partition coefficient (Wildman–Crippen LogP) is 3.64. The molecule has 154 valence electrons. The van der Waals surface area contributed by atoms with Crippen LogP contribution in [0.4, 0.5) is 16.4 Å². The third-order valence-electron chi connectivity index (χ3n) is 4.75. The number of fused-ring (bicyclic) bond motifs is 1. The number of nitrogen functional groups attached to an aromatic ring is 2. The number of ether oxygens (including phenoxy) is 1. The third-order valence-corrected chi connectivity index (χ3v) is 4.75. The summed E-state index contributed by atoms with van der Waals surface area (Å²) in [6, 6.07) is 11.7. The van der Waals surface area contributed by atoms with Gasteiger partial charge >= 0.3 is 6.09 Å². The van der Waals surface area contributed by atoms with E-state index in [9.17, 15) is 4.79 Å². The van der Waals surface area contributed by atoms with Crippen LogP contribution in [-0.4, -0.2) is 27.2 Å². The van der Waals surface area contributed by atoms with Crippen LogP contribution in [0.3, 0.4) is 0 Å². The second-order valence-corrected chi connectivity index (χ2v) is 6.98. The summed E-state index contributed by atoms with van der Waals surface area (Å²) in [5.74, 6) is 0.704. The van der Waals surface area contributed by atoms with Crippen LogP contribution < -0.4 is 16.8 Å². The second-order valence-electron chi connectivity index (χ2n) is 6.98. The van der Waals surface area contributed by atoms with E-state index in [1.165, 1.54) is 0 Å². The fraction of sp³-hybridized carbons (Fsp3) is 0.381. The normalized spacial score (nSPS) is 12.0. The average Bonchev–Trinajstić information content (AvgIpc) is 3.11. The molecular formula is C21H28N6O2. The molecule has 0 aliphatic rings. The van der Waals surface area contributed by atoms with E-state index >= 15 is 0 Å². The van der Waals surface area contributed by atoms with Crippen LogP contribution in [0, 0.1) is 0 Å². The number of alkyl carbamates (subject to hydrolysis) is 1. The number of aryl methyl sites for hydroxylation is 1. The van der Waals surface area contributed by atoms with Crippen molar-refractivity contribution < 1.29 is 9.53 Å². The number of anilines is 2. The van der Waals surface area contributed by atoms with Crippen molar-refractivity contribution in [3.63, 3.8) is 0 Å². The van der Waals surface area contributed by atoms with Crippen LogP contribution in [-0.2, 0) is 11.3 Å². The van der Waals surface area contributed by atoms with E-state index in [2.05, 4.69) is 22.2 Å². The van der Waals surface area contributed by atoms with Crippen molar-refractivity contribution in [3.05, 3.63) is 48.3 Å². The Morgan fingerprint density at radius 1 is 1.24 bits per heavy atom.